The lowest BCUT2D eigenvalue weighted by Crippen LogP contribution is -2.55. The molecule has 2 aromatic rings. The number of nitrogens with zero attached hydrogens (tertiary/aromatic N) is 2. The van der Waals surface area contributed by atoms with Crippen LogP contribution in [0.5, 0.6) is 0 Å². The second kappa shape index (κ2) is 5.30. The first-order valence-electron chi connectivity index (χ1n) is 5.95. The van der Waals surface area contributed by atoms with E-state index in [9.17, 15) is 14.7 Å². The molecule has 7 heteroatoms. The Kier molecular flexibility index (Phi) is 3.71. The minimum absolute atomic E-state index is 0.132. The van der Waals surface area contributed by atoms with E-state index in [1.165, 1.54) is 20.2 Å². The summed E-state index contributed by atoms with van der Waals surface area (Å²) in [6.45, 7) is 1.26. The van der Waals surface area contributed by atoms with Gasteiger partial charge < -0.3 is 15.2 Å². The molecular formula is C13H15N3O4. The largest absolute Gasteiger partial charge is 0.479 e. The number of amides is 1. The number of ether oxygens (including phenoxy) is 1. The average molecular weight is 277 g/mol. The first-order valence-corrected chi connectivity index (χ1v) is 5.95. The van der Waals surface area contributed by atoms with Crippen LogP contribution in [0, 0.1) is 0 Å². The summed E-state index contributed by atoms with van der Waals surface area (Å²) in [5.74, 6) is -1.67. The van der Waals surface area contributed by atoms with Gasteiger partial charge in [0.1, 0.15) is 0 Å². The van der Waals surface area contributed by atoms with E-state index in [1.807, 2.05) is 0 Å². The number of fused-ring (bicyclic) bond motifs is 1. The van der Waals surface area contributed by atoms with Crippen molar-refractivity contribution in [1.82, 2.24) is 14.9 Å². The highest BCUT2D eigenvalue weighted by Gasteiger charge is 2.35. The summed E-state index contributed by atoms with van der Waals surface area (Å²) in [5.41, 5.74) is -0.571. The predicted molar refractivity (Wildman–Crippen MR) is 70.6 cm³/mol. The molecule has 106 valence electrons. The third-order valence-corrected chi connectivity index (χ3v) is 2.97. The Morgan fingerprint density at radius 3 is 2.90 bits per heavy atom. The summed E-state index contributed by atoms with van der Waals surface area (Å²) in [7, 11) is 1.38. The molecule has 0 radical (unpaired) electrons. The molecule has 20 heavy (non-hydrogen) atoms. The van der Waals surface area contributed by atoms with Crippen molar-refractivity contribution in [1.29, 1.82) is 0 Å². The Hall–Kier alpha value is -2.41. The standard InChI is InChI=1S/C13H15N3O4/c1-13(8-20-2,12(18)19)15-11(17)9-7-14-16-6-4-3-5-10(9)16/h3-7H,8H2,1-2H3,(H,15,17)(H,18,19). The lowest BCUT2D eigenvalue weighted by molar-refractivity contribution is -0.145. The Morgan fingerprint density at radius 1 is 1.50 bits per heavy atom. The minimum Gasteiger partial charge on any atom is -0.479 e. The molecule has 2 heterocycles. The lowest BCUT2D eigenvalue weighted by Gasteiger charge is -2.25. The van der Waals surface area contributed by atoms with Gasteiger partial charge in [0.2, 0.25) is 0 Å². The van der Waals surface area contributed by atoms with Crippen molar-refractivity contribution in [3.8, 4) is 0 Å². The highest BCUT2D eigenvalue weighted by atomic mass is 16.5. The molecule has 0 aliphatic carbocycles. The van der Waals surface area contributed by atoms with E-state index in [0.29, 0.717) is 11.1 Å². The second-order valence-corrected chi connectivity index (χ2v) is 4.61. The molecule has 1 unspecified atom stereocenters. The van der Waals surface area contributed by atoms with Gasteiger partial charge >= 0.3 is 5.97 Å². The van der Waals surface area contributed by atoms with Gasteiger partial charge in [-0.25, -0.2) is 9.31 Å². The molecule has 0 saturated heterocycles. The zero-order valence-corrected chi connectivity index (χ0v) is 11.2. The van der Waals surface area contributed by atoms with Gasteiger partial charge in [-0.1, -0.05) is 6.07 Å². The molecule has 2 aromatic heterocycles. The molecule has 1 atom stereocenters. The van der Waals surface area contributed by atoms with Gasteiger partial charge in [-0.05, 0) is 19.1 Å². The summed E-state index contributed by atoms with van der Waals surface area (Å²) >= 11 is 0. The van der Waals surface area contributed by atoms with Crippen molar-refractivity contribution < 1.29 is 19.4 Å². The molecule has 0 aliphatic heterocycles. The monoisotopic (exact) mass is 277 g/mol. The quantitative estimate of drug-likeness (QED) is 0.832. The number of carbonyl (C=O) groups excluding carboxylic acids is 1. The maximum atomic E-state index is 12.2. The molecule has 0 aliphatic rings. The molecule has 1 amide bonds. The Balaban J connectivity index is 2.29. The lowest BCUT2D eigenvalue weighted by atomic mass is 10.0. The number of nitrogens with one attached hydrogen (secondary N) is 1. The van der Waals surface area contributed by atoms with Gasteiger partial charge in [-0.2, -0.15) is 5.10 Å². The minimum atomic E-state index is -1.49. The van der Waals surface area contributed by atoms with Crippen molar-refractivity contribution in [2.24, 2.45) is 0 Å². The number of carbonyl (C=O) groups is 2. The fourth-order valence-corrected chi connectivity index (χ4v) is 1.87. The summed E-state index contributed by atoms with van der Waals surface area (Å²) in [6, 6.07) is 5.30. The van der Waals surface area contributed by atoms with Crippen LogP contribution in [0.4, 0.5) is 0 Å². The number of pyridine rings is 1. The Labute approximate surface area is 115 Å². The van der Waals surface area contributed by atoms with Crippen LogP contribution in [0.25, 0.3) is 5.52 Å². The predicted octanol–water partition coefficient (Wildman–Crippen LogP) is 0.554. The molecule has 0 spiro atoms. The van der Waals surface area contributed by atoms with Crippen LogP contribution in [0.2, 0.25) is 0 Å². The molecule has 2 rings (SSSR count). The number of rotatable bonds is 5. The smallest absolute Gasteiger partial charge is 0.331 e. The van der Waals surface area contributed by atoms with Crippen LogP contribution in [0.15, 0.2) is 30.6 Å². The summed E-state index contributed by atoms with van der Waals surface area (Å²) in [4.78, 5) is 23.5. The molecule has 0 fully saturated rings. The van der Waals surface area contributed by atoms with E-state index >= 15 is 0 Å². The van der Waals surface area contributed by atoms with Gasteiger partial charge in [0.05, 0.1) is 23.9 Å². The molecule has 0 aromatic carbocycles. The van der Waals surface area contributed by atoms with E-state index in [2.05, 4.69) is 10.4 Å². The van der Waals surface area contributed by atoms with Crippen molar-refractivity contribution >= 4 is 17.4 Å². The second-order valence-electron chi connectivity index (χ2n) is 4.61. The van der Waals surface area contributed by atoms with E-state index in [-0.39, 0.29) is 6.61 Å². The molecule has 7 nitrogen and oxygen atoms in total. The van der Waals surface area contributed by atoms with Gasteiger partial charge in [-0.15, -0.1) is 0 Å². The van der Waals surface area contributed by atoms with Crippen molar-refractivity contribution in [3.63, 3.8) is 0 Å². The number of hydrogen-bond acceptors (Lipinski definition) is 4. The van der Waals surface area contributed by atoms with Gasteiger partial charge in [0.15, 0.2) is 5.54 Å². The van der Waals surface area contributed by atoms with Crippen molar-refractivity contribution in [2.75, 3.05) is 13.7 Å². The maximum Gasteiger partial charge on any atom is 0.331 e. The van der Waals surface area contributed by atoms with E-state index < -0.39 is 17.4 Å². The molecule has 0 saturated carbocycles. The fraction of sp³-hybridized carbons (Fsp3) is 0.308. The summed E-state index contributed by atoms with van der Waals surface area (Å²) < 4.78 is 6.40. The van der Waals surface area contributed by atoms with Gasteiger partial charge in [-0.3, -0.25) is 4.79 Å². The fourth-order valence-electron chi connectivity index (χ4n) is 1.87. The van der Waals surface area contributed by atoms with Crippen LogP contribution < -0.4 is 5.32 Å². The van der Waals surface area contributed by atoms with Crippen LogP contribution in [0.3, 0.4) is 0 Å². The molecule has 0 bridgehead atoms. The zero-order chi connectivity index (χ0) is 14.8. The van der Waals surface area contributed by atoms with E-state index in [4.69, 9.17) is 4.74 Å². The Bertz CT molecular complexity index is 652. The molecular weight excluding hydrogens is 262 g/mol. The van der Waals surface area contributed by atoms with Crippen LogP contribution >= 0.6 is 0 Å². The number of aromatic nitrogens is 2. The van der Waals surface area contributed by atoms with Crippen LogP contribution in [-0.4, -0.2) is 45.9 Å². The number of methoxy groups -OCH3 is 1. The van der Waals surface area contributed by atoms with Crippen molar-refractivity contribution in [2.45, 2.75) is 12.5 Å². The number of aliphatic carboxylic acids is 1. The molecule has 2 N–H and O–H groups in total. The number of hydrogen-bond donors (Lipinski definition) is 2. The third kappa shape index (κ3) is 2.48. The highest BCUT2D eigenvalue weighted by Crippen LogP contribution is 2.12. The van der Waals surface area contributed by atoms with Crippen molar-refractivity contribution in [3.05, 3.63) is 36.2 Å². The normalized spacial score (nSPS) is 13.9. The Morgan fingerprint density at radius 2 is 2.25 bits per heavy atom. The van der Waals surface area contributed by atoms with E-state index in [0.717, 1.165) is 0 Å². The van der Waals surface area contributed by atoms with Crippen LogP contribution in [-0.2, 0) is 9.53 Å². The zero-order valence-electron chi connectivity index (χ0n) is 11.2. The third-order valence-electron chi connectivity index (χ3n) is 2.97. The number of carboxylic acids is 1. The first kappa shape index (κ1) is 14.0. The topological polar surface area (TPSA) is 92.9 Å². The van der Waals surface area contributed by atoms with Crippen LogP contribution in [0.1, 0.15) is 17.3 Å². The first-order chi connectivity index (χ1) is 9.48. The summed E-state index contributed by atoms with van der Waals surface area (Å²) in [5, 5.41) is 15.7. The summed E-state index contributed by atoms with van der Waals surface area (Å²) in [6.07, 6.45) is 3.11. The SMILES string of the molecule is COCC(C)(NC(=O)c1cnn2ccccc12)C(=O)O. The number of carboxylic acid groups (broad SMARTS) is 1. The maximum absolute atomic E-state index is 12.2. The highest BCUT2D eigenvalue weighted by molar-refractivity contribution is 6.02. The van der Waals surface area contributed by atoms with E-state index in [1.54, 1.807) is 28.9 Å². The average Bonchev–Trinajstić information content (AvgIpc) is 2.82. The van der Waals surface area contributed by atoms with Gasteiger partial charge in [0, 0.05) is 13.3 Å². The van der Waals surface area contributed by atoms with Gasteiger partial charge in [0.25, 0.3) is 5.91 Å².